The molecule has 0 spiro atoms. The van der Waals surface area contributed by atoms with Crippen molar-refractivity contribution in [2.24, 2.45) is 0 Å². The van der Waals surface area contributed by atoms with Gasteiger partial charge < -0.3 is 19.1 Å². The van der Waals surface area contributed by atoms with E-state index in [1.807, 2.05) is 42.5 Å². The number of hydrogen-bond donors (Lipinski definition) is 0. The van der Waals surface area contributed by atoms with Crippen LogP contribution in [0.4, 0.5) is 5.69 Å². The number of benzene rings is 2. The summed E-state index contributed by atoms with van der Waals surface area (Å²) in [6, 6.07) is 13.3. The SMILES string of the molecule is COc1ccc(CCN2C(=O)C(C)Oc3c2cnn(Cc2ccc(Br)cc2)c3=O)cc1OC. The molecule has 1 aromatic heterocycles. The molecule has 9 heteroatoms. The summed E-state index contributed by atoms with van der Waals surface area (Å²) in [5.74, 6) is 1.18. The Morgan fingerprint density at radius 2 is 1.73 bits per heavy atom. The topological polar surface area (TPSA) is 82.9 Å². The van der Waals surface area contributed by atoms with Crippen LogP contribution < -0.4 is 24.7 Å². The quantitative estimate of drug-likeness (QED) is 0.481. The summed E-state index contributed by atoms with van der Waals surface area (Å²) in [5.41, 5.74) is 1.91. The molecule has 1 atom stereocenters. The zero-order valence-corrected chi connectivity index (χ0v) is 20.2. The highest BCUT2D eigenvalue weighted by molar-refractivity contribution is 9.10. The van der Waals surface area contributed by atoms with Crippen LogP contribution in [0.5, 0.6) is 17.2 Å². The van der Waals surface area contributed by atoms with E-state index in [9.17, 15) is 9.59 Å². The second kappa shape index (κ2) is 9.66. The molecular weight excluding hydrogens is 490 g/mol. The summed E-state index contributed by atoms with van der Waals surface area (Å²) in [5, 5.41) is 4.31. The first kappa shape index (κ1) is 22.8. The lowest BCUT2D eigenvalue weighted by Gasteiger charge is -2.32. The number of aromatic nitrogens is 2. The summed E-state index contributed by atoms with van der Waals surface area (Å²) in [7, 11) is 3.16. The Morgan fingerprint density at radius 1 is 1.03 bits per heavy atom. The number of ether oxygens (including phenoxy) is 3. The fourth-order valence-corrected chi connectivity index (χ4v) is 3.98. The van der Waals surface area contributed by atoms with Crippen molar-refractivity contribution >= 4 is 27.5 Å². The summed E-state index contributed by atoms with van der Waals surface area (Å²) < 4.78 is 18.7. The Balaban J connectivity index is 1.59. The lowest BCUT2D eigenvalue weighted by molar-refractivity contribution is -0.125. The second-order valence-electron chi connectivity index (χ2n) is 7.64. The van der Waals surface area contributed by atoms with Crippen LogP contribution in [-0.2, 0) is 17.8 Å². The van der Waals surface area contributed by atoms with E-state index in [0.717, 1.165) is 15.6 Å². The van der Waals surface area contributed by atoms with Crippen molar-refractivity contribution in [3.8, 4) is 17.2 Å². The van der Waals surface area contributed by atoms with Gasteiger partial charge in [0.15, 0.2) is 17.6 Å². The molecule has 0 radical (unpaired) electrons. The van der Waals surface area contributed by atoms with Gasteiger partial charge >= 0.3 is 5.56 Å². The van der Waals surface area contributed by atoms with E-state index < -0.39 is 6.10 Å². The molecule has 3 aromatic rings. The molecule has 172 valence electrons. The minimum atomic E-state index is -0.765. The van der Waals surface area contributed by atoms with E-state index in [0.29, 0.717) is 36.7 Å². The lowest BCUT2D eigenvalue weighted by atomic mass is 10.1. The minimum absolute atomic E-state index is 0.140. The molecule has 33 heavy (non-hydrogen) atoms. The third-order valence-electron chi connectivity index (χ3n) is 5.50. The van der Waals surface area contributed by atoms with Gasteiger partial charge in [0, 0.05) is 11.0 Å². The maximum Gasteiger partial charge on any atom is 0.311 e. The summed E-state index contributed by atoms with van der Waals surface area (Å²) in [4.78, 5) is 27.5. The number of anilines is 1. The number of amides is 1. The number of fused-ring (bicyclic) bond motifs is 1. The highest BCUT2D eigenvalue weighted by atomic mass is 79.9. The predicted octanol–water partition coefficient (Wildman–Crippen LogP) is 3.43. The van der Waals surface area contributed by atoms with Crippen molar-refractivity contribution in [3.63, 3.8) is 0 Å². The maximum atomic E-state index is 13.1. The molecule has 0 saturated carbocycles. The van der Waals surface area contributed by atoms with Crippen molar-refractivity contribution in [1.82, 2.24) is 9.78 Å². The minimum Gasteiger partial charge on any atom is -0.493 e. The van der Waals surface area contributed by atoms with Gasteiger partial charge in [0.25, 0.3) is 5.91 Å². The number of hydrogen-bond acceptors (Lipinski definition) is 6. The fourth-order valence-electron chi connectivity index (χ4n) is 3.71. The van der Waals surface area contributed by atoms with Crippen LogP contribution in [0.3, 0.4) is 0 Å². The average Bonchev–Trinajstić information content (AvgIpc) is 2.83. The number of rotatable bonds is 7. The monoisotopic (exact) mass is 513 g/mol. The van der Waals surface area contributed by atoms with Crippen molar-refractivity contribution in [2.45, 2.75) is 26.0 Å². The van der Waals surface area contributed by atoms with Crippen LogP contribution in [0.1, 0.15) is 18.1 Å². The molecule has 0 bridgehead atoms. The number of halogens is 1. The van der Waals surface area contributed by atoms with Gasteiger partial charge in [0.1, 0.15) is 5.69 Å². The van der Waals surface area contributed by atoms with Gasteiger partial charge in [-0.3, -0.25) is 9.59 Å². The highest BCUT2D eigenvalue weighted by Crippen LogP contribution is 2.31. The zero-order chi connectivity index (χ0) is 23.5. The van der Waals surface area contributed by atoms with E-state index in [-0.39, 0.29) is 17.2 Å². The molecule has 1 amide bonds. The Bertz CT molecular complexity index is 1230. The summed E-state index contributed by atoms with van der Waals surface area (Å²) in [6.07, 6.45) is 1.31. The van der Waals surface area contributed by atoms with Gasteiger partial charge in [0.05, 0.1) is 27.0 Å². The number of methoxy groups -OCH3 is 2. The average molecular weight is 514 g/mol. The predicted molar refractivity (Wildman–Crippen MR) is 127 cm³/mol. The standard InChI is InChI=1S/C24H24BrN3O5/c1-15-23(29)27(11-10-16-6-9-20(31-2)21(12-16)32-3)19-13-26-28(24(30)22(19)33-15)14-17-4-7-18(25)8-5-17/h4-9,12-13,15H,10-11,14H2,1-3H3. The van der Waals surface area contributed by atoms with Gasteiger partial charge in [-0.25, -0.2) is 4.68 Å². The number of nitrogens with zero attached hydrogens (tertiary/aromatic N) is 3. The van der Waals surface area contributed by atoms with Crippen molar-refractivity contribution in [1.29, 1.82) is 0 Å². The van der Waals surface area contributed by atoms with E-state index in [4.69, 9.17) is 14.2 Å². The number of carbonyl (C=O) groups excluding carboxylic acids is 1. The Hall–Kier alpha value is -3.33. The fraction of sp³-hybridized carbons (Fsp3) is 0.292. The summed E-state index contributed by atoms with van der Waals surface area (Å²) in [6.45, 7) is 2.32. The van der Waals surface area contributed by atoms with Crippen LogP contribution in [0.25, 0.3) is 0 Å². The Labute approximate surface area is 199 Å². The molecule has 8 nitrogen and oxygen atoms in total. The van der Waals surface area contributed by atoms with Gasteiger partial charge in [-0.15, -0.1) is 0 Å². The van der Waals surface area contributed by atoms with E-state index in [1.54, 1.807) is 26.0 Å². The van der Waals surface area contributed by atoms with Crippen molar-refractivity contribution < 1.29 is 19.0 Å². The van der Waals surface area contributed by atoms with Crippen molar-refractivity contribution in [2.75, 3.05) is 25.7 Å². The van der Waals surface area contributed by atoms with Gasteiger partial charge in [-0.05, 0) is 48.7 Å². The first-order chi connectivity index (χ1) is 15.9. The highest BCUT2D eigenvalue weighted by Gasteiger charge is 2.34. The van der Waals surface area contributed by atoms with E-state index in [2.05, 4.69) is 21.0 Å². The molecule has 0 N–H and O–H groups in total. The molecule has 0 saturated heterocycles. The van der Waals surface area contributed by atoms with E-state index in [1.165, 1.54) is 10.9 Å². The van der Waals surface area contributed by atoms with Crippen LogP contribution in [0.15, 0.2) is 57.9 Å². The molecule has 4 rings (SSSR count). The molecule has 0 fully saturated rings. The smallest absolute Gasteiger partial charge is 0.311 e. The van der Waals surface area contributed by atoms with Crippen LogP contribution in [-0.4, -0.2) is 42.6 Å². The Kier molecular flexibility index (Phi) is 6.69. The number of carbonyl (C=O) groups is 1. The largest absolute Gasteiger partial charge is 0.493 e. The van der Waals surface area contributed by atoms with Crippen molar-refractivity contribution in [3.05, 3.63) is 74.6 Å². The first-order valence-electron chi connectivity index (χ1n) is 10.4. The third kappa shape index (κ3) is 4.73. The summed E-state index contributed by atoms with van der Waals surface area (Å²) >= 11 is 3.41. The second-order valence-corrected chi connectivity index (χ2v) is 8.55. The molecule has 1 aliphatic rings. The molecule has 1 unspecified atom stereocenters. The first-order valence-corrected chi connectivity index (χ1v) is 11.2. The normalized spacial score (nSPS) is 15.1. The van der Waals surface area contributed by atoms with E-state index >= 15 is 0 Å². The maximum absolute atomic E-state index is 13.1. The van der Waals surface area contributed by atoms with Gasteiger partial charge in [0.2, 0.25) is 5.75 Å². The molecule has 2 aromatic carbocycles. The zero-order valence-electron chi connectivity index (χ0n) is 18.6. The molecular formula is C24H24BrN3O5. The third-order valence-corrected chi connectivity index (χ3v) is 6.03. The molecule has 1 aliphatic heterocycles. The van der Waals surface area contributed by atoms with Gasteiger partial charge in [-0.1, -0.05) is 34.1 Å². The lowest BCUT2D eigenvalue weighted by Crippen LogP contribution is -2.47. The van der Waals surface area contributed by atoms with Gasteiger partial charge in [-0.2, -0.15) is 5.10 Å². The Morgan fingerprint density at radius 3 is 2.42 bits per heavy atom. The van der Waals surface area contributed by atoms with Crippen LogP contribution in [0, 0.1) is 0 Å². The van der Waals surface area contributed by atoms with Crippen LogP contribution in [0.2, 0.25) is 0 Å². The molecule has 0 aliphatic carbocycles. The molecule has 2 heterocycles. The van der Waals surface area contributed by atoms with Crippen LogP contribution >= 0.6 is 15.9 Å².